The van der Waals surface area contributed by atoms with Crippen molar-refractivity contribution in [3.63, 3.8) is 0 Å². The highest BCUT2D eigenvalue weighted by atomic mass is 16.2. The van der Waals surface area contributed by atoms with Gasteiger partial charge >= 0.3 is 0 Å². The summed E-state index contributed by atoms with van der Waals surface area (Å²) in [5.74, 6) is 0.420. The molecule has 0 aromatic heterocycles. The molecule has 0 radical (unpaired) electrons. The fourth-order valence-electron chi connectivity index (χ4n) is 3.11. The Hall–Kier alpha value is -1.84. The molecule has 2 fully saturated rings. The van der Waals surface area contributed by atoms with Crippen molar-refractivity contribution in [2.75, 3.05) is 5.32 Å². The van der Waals surface area contributed by atoms with Gasteiger partial charge in [0.25, 0.3) is 0 Å². The molecule has 0 spiro atoms. The summed E-state index contributed by atoms with van der Waals surface area (Å²) >= 11 is 0. The van der Waals surface area contributed by atoms with E-state index < -0.39 is 0 Å². The van der Waals surface area contributed by atoms with Gasteiger partial charge in [0.2, 0.25) is 11.8 Å². The van der Waals surface area contributed by atoms with Crippen LogP contribution in [-0.4, -0.2) is 17.9 Å². The highest BCUT2D eigenvalue weighted by Crippen LogP contribution is 2.31. The molecular weight excluding hydrogens is 276 g/mol. The van der Waals surface area contributed by atoms with E-state index in [4.69, 9.17) is 0 Å². The maximum absolute atomic E-state index is 12.4. The Labute approximate surface area is 131 Å². The minimum atomic E-state index is 0.0320. The van der Waals surface area contributed by atoms with E-state index in [9.17, 15) is 9.59 Å². The van der Waals surface area contributed by atoms with Gasteiger partial charge in [-0.05, 0) is 57.1 Å². The van der Waals surface area contributed by atoms with E-state index in [1.165, 1.54) is 0 Å². The number of amides is 2. The molecule has 4 nitrogen and oxygen atoms in total. The standard InChI is InChI=1S/C18H24N2O2/c1-12-4-2-3-5-16(12)20-18(22)14-8-6-13(7-9-14)17(21)19-15-10-11-15/h2-5,13-15H,6-11H2,1H3,(H,19,21)(H,20,22). The Morgan fingerprint density at radius 2 is 1.50 bits per heavy atom. The molecule has 4 heteroatoms. The fourth-order valence-corrected chi connectivity index (χ4v) is 3.11. The predicted octanol–water partition coefficient (Wildman–Crippen LogP) is 3.02. The molecule has 3 rings (SSSR count). The van der Waals surface area contributed by atoms with Gasteiger partial charge in [-0.25, -0.2) is 0 Å². The molecule has 2 aliphatic rings. The first-order valence-electron chi connectivity index (χ1n) is 8.30. The summed E-state index contributed by atoms with van der Waals surface area (Å²) in [6.07, 6.45) is 5.51. The minimum absolute atomic E-state index is 0.0320. The number of carbonyl (C=O) groups excluding carboxylic acids is 2. The van der Waals surface area contributed by atoms with Gasteiger partial charge in [-0.3, -0.25) is 9.59 Å². The number of carbonyl (C=O) groups is 2. The predicted molar refractivity (Wildman–Crippen MR) is 86.4 cm³/mol. The minimum Gasteiger partial charge on any atom is -0.353 e. The van der Waals surface area contributed by atoms with Gasteiger partial charge in [0.05, 0.1) is 0 Å². The Balaban J connectivity index is 1.49. The van der Waals surface area contributed by atoms with Crippen LogP contribution in [0.25, 0.3) is 0 Å². The molecule has 0 bridgehead atoms. The van der Waals surface area contributed by atoms with Crippen molar-refractivity contribution in [3.8, 4) is 0 Å². The number of hydrogen-bond donors (Lipinski definition) is 2. The topological polar surface area (TPSA) is 58.2 Å². The van der Waals surface area contributed by atoms with Gasteiger partial charge in [-0.15, -0.1) is 0 Å². The van der Waals surface area contributed by atoms with Crippen molar-refractivity contribution >= 4 is 17.5 Å². The highest BCUT2D eigenvalue weighted by Gasteiger charge is 2.32. The maximum Gasteiger partial charge on any atom is 0.227 e. The normalized spacial score (nSPS) is 24.6. The molecule has 1 aromatic rings. The zero-order chi connectivity index (χ0) is 15.5. The third-order valence-corrected chi connectivity index (χ3v) is 4.80. The smallest absolute Gasteiger partial charge is 0.227 e. The van der Waals surface area contributed by atoms with Gasteiger partial charge in [-0.2, -0.15) is 0 Å². The highest BCUT2D eigenvalue weighted by molar-refractivity contribution is 5.93. The average molecular weight is 300 g/mol. The largest absolute Gasteiger partial charge is 0.353 e. The summed E-state index contributed by atoms with van der Waals surface area (Å²) in [6.45, 7) is 1.99. The second kappa shape index (κ2) is 6.51. The molecule has 1 aromatic carbocycles. The van der Waals surface area contributed by atoms with Gasteiger partial charge in [0.15, 0.2) is 0 Å². The van der Waals surface area contributed by atoms with Crippen LogP contribution in [-0.2, 0) is 9.59 Å². The number of nitrogens with one attached hydrogen (secondary N) is 2. The Kier molecular flexibility index (Phi) is 4.46. The Morgan fingerprint density at radius 3 is 2.09 bits per heavy atom. The first kappa shape index (κ1) is 15.1. The molecule has 0 saturated heterocycles. The number of anilines is 1. The van der Waals surface area contributed by atoms with Crippen LogP contribution < -0.4 is 10.6 Å². The lowest BCUT2D eigenvalue weighted by molar-refractivity contribution is -0.128. The second-order valence-electron chi connectivity index (χ2n) is 6.64. The van der Waals surface area contributed by atoms with Crippen molar-refractivity contribution < 1.29 is 9.59 Å². The Morgan fingerprint density at radius 1 is 0.909 bits per heavy atom. The molecule has 0 heterocycles. The first-order valence-corrected chi connectivity index (χ1v) is 8.30. The summed E-state index contributed by atoms with van der Waals surface area (Å²) in [5, 5.41) is 6.10. The van der Waals surface area contributed by atoms with E-state index in [1.54, 1.807) is 0 Å². The molecule has 0 unspecified atom stereocenters. The number of rotatable bonds is 4. The lowest BCUT2D eigenvalue weighted by Crippen LogP contribution is -2.36. The van der Waals surface area contributed by atoms with Crippen molar-refractivity contribution in [2.45, 2.75) is 51.5 Å². The SMILES string of the molecule is Cc1ccccc1NC(=O)C1CCC(C(=O)NC2CC2)CC1. The third-order valence-electron chi connectivity index (χ3n) is 4.80. The van der Waals surface area contributed by atoms with E-state index in [0.29, 0.717) is 6.04 Å². The molecule has 2 amide bonds. The van der Waals surface area contributed by atoms with Crippen LogP contribution in [0.15, 0.2) is 24.3 Å². The number of para-hydroxylation sites is 1. The summed E-state index contributed by atoms with van der Waals surface area (Å²) in [7, 11) is 0. The molecule has 0 aliphatic heterocycles. The fraction of sp³-hybridized carbons (Fsp3) is 0.556. The second-order valence-corrected chi connectivity index (χ2v) is 6.64. The molecule has 22 heavy (non-hydrogen) atoms. The molecule has 118 valence electrons. The first-order chi connectivity index (χ1) is 10.6. The van der Waals surface area contributed by atoms with Crippen molar-refractivity contribution in [1.29, 1.82) is 0 Å². The lowest BCUT2D eigenvalue weighted by Gasteiger charge is -2.27. The van der Waals surface area contributed by atoms with E-state index in [2.05, 4.69) is 10.6 Å². The van der Waals surface area contributed by atoms with E-state index in [0.717, 1.165) is 49.8 Å². The quantitative estimate of drug-likeness (QED) is 0.898. The molecular formula is C18H24N2O2. The van der Waals surface area contributed by atoms with Crippen LogP contribution in [0.3, 0.4) is 0 Å². The zero-order valence-corrected chi connectivity index (χ0v) is 13.1. The van der Waals surface area contributed by atoms with Gasteiger partial charge in [-0.1, -0.05) is 18.2 Å². The monoisotopic (exact) mass is 300 g/mol. The van der Waals surface area contributed by atoms with Gasteiger partial charge < -0.3 is 10.6 Å². The molecule has 2 N–H and O–H groups in total. The van der Waals surface area contributed by atoms with Crippen molar-refractivity contribution in [1.82, 2.24) is 5.32 Å². The maximum atomic E-state index is 12.4. The number of hydrogen-bond acceptors (Lipinski definition) is 2. The summed E-state index contributed by atoms with van der Waals surface area (Å²) in [5.41, 5.74) is 1.97. The van der Waals surface area contributed by atoms with Crippen LogP contribution in [0.5, 0.6) is 0 Å². The van der Waals surface area contributed by atoms with E-state index >= 15 is 0 Å². The van der Waals surface area contributed by atoms with Crippen molar-refractivity contribution in [2.24, 2.45) is 11.8 Å². The van der Waals surface area contributed by atoms with Crippen LogP contribution in [0.1, 0.15) is 44.1 Å². The summed E-state index contributed by atoms with van der Waals surface area (Å²) in [4.78, 5) is 24.4. The van der Waals surface area contributed by atoms with Crippen LogP contribution in [0, 0.1) is 18.8 Å². The Bertz CT molecular complexity index is 558. The van der Waals surface area contributed by atoms with Crippen molar-refractivity contribution in [3.05, 3.63) is 29.8 Å². The van der Waals surface area contributed by atoms with Crippen LogP contribution in [0.2, 0.25) is 0 Å². The van der Waals surface area contributed by atoms with Gasteiger partial charge in [0.1, 0.15) is 0 Å². The van der Waals surface area contributed by atoms with E-state index in [-0.39, 0.29) is 23.7 Å². The van der Waals surface area contributed by atoms with Crippen LogP contribution in [0.4, 0.5) is 5.69 Å². The van der Waals surface area contributed by atoms with Gasteiger partial charge in [0, 0.05) is 23.6 Å². The molecule has 2 aliphatic carbocycles. The number of benzene rings is 1. The van der Waals surface area contributed by atoms with Crippen LogP contribution >= 0.6 is 0 Å². The average Bonchev–Trinajstić information content (AvgIpc) is 3.33. The molecule has 2 saturated carbocycles. The van der Waals surface area contributed by atoms with E-state index in [1.807, 2.05) is 31.2 Å². The lowest BCUT2D eigenvalue weighted by atomic mass is 9.81. The zero-order valence-electron chi connectivity index (χ0n) is 13.1. The number of aryl methyl sites for hydroxylation is 1. The third kappa shape index (κ3) is 3.67. The molecule has 0 atom stereocenters. The summed E-state index contributed by atoms with van der Waals surface area (Å²) in [6, 6.07) is 8.25. The summed E-state index contributed by atoms with van der Waals surface area (Å²) < 4.78 is 0.